The molecule has 0 aliphatic heterocycles. The number of methoxy groups -OCH3 is 1. The molecule has 1 unspecified atom stereocenters. The maximum absolute atomic E-state index is 12.4. The number of hydrogen-bond acceptors (Lipinski definition) is 5. The van der Waals surface area contributed by atoms with Crippen LogP contribution in [0.5, 0.6) is 5.75 Å². The molecule has 1 aromatic carbocycles. The highest BCUT2D eigenvalue weighted by atomic mass is 79.9. The molecule has 7 nitrogen and oxygen atoms in total. The first-order valence-corrected chi connectivity index (χ1v) is 8.32. The van der Waals surface area contributed by atoms with Crippen LogP contribution in [0.1, 0.15) is 18.8 Å². The van der Waals surface area contributed by atoms with E-state index in [0.717, 1.165) is 0 Å². The van der Waals surface area contributed by atoms with E-state index in [1.54, 1.807) is 24.6 Å². The molecule has 0 spiro atoms. The Bertz CT molecular complexity index is 745. The lowest BCUT2D eigenvalue weighted by Gasteiger charge is -2.14. The highest BCUT2D eigenvalue weighted by Gasteiger charge is 2.21. The maximum atomic E-state index is 12.4. The first-order valence-electron chi connectivity index (χ1n) is 6.05. The molecule has 1 aromatic heterocycles. The highest BCUT2D eigenvalue weighted by molar-refractivity contribution is 9.10. The van der Waals surface area contributed by atoms with Crippen molar-refractivity contribution in [2.24, 2.45) is 7.05 Å². The zero-order valence-electron chi connectivity index (χ0n) is 11.7. The van der Waals surface area contributed by atoms with Gasteiger partial charge in [0.2, 0.25) is 10.0 Å². The molecule has 2 aromatic rings. The summed E-state index contributed by atoms with van der Waals surface area (Å²) >= 11 is 3.27. The number of nitrogens with one attached hydrogen (secondary N) is 1. The number of aryl methyl sites for hydroxylation is 1. The topological polar surface area (TPSA) is 86.1 Å². The molecule has 0 saturated heterocycles. The third-order valence-corrected chi connectivity index (χ3v) is 5.06. The minimum Gasteiger partial charge on any atom is -0.496 e. The van der Waals surface area contributed by atoms with Gasteiger partial charge in [-0.3, -0.25) is 0 Å². The van der Waals surface area contributed by atoms with Crippen molar-refractivity contribution in [1.82, 2.24) is 19.5 Å². The Balaban J connectivity index is 2.26. The van der Waals surface area contributed by atoms with Crippen molar-refractivity contribution < 1.29 is 13.2 Å². The minimum atomic E-state index is -3.67. The number of rotatable bonds is 5. The van der Waals surface area contributed by atoms with Crippen LogP contribution in [-0.4, -0.2) is 30.3 Å². The molecule has 2 rings (SSSR count). The van der Waals surface area contributed by atoms with Crippen LogP contribution in [0.15, 0.2) is 33.9 Å². The first-order chi connectivity index (χ1) is 9.85. The van der Waals surface area contributed by atoms with E-state index in [1.165, 1.54) is 25.6 Å². The van der Waals surface area contributed by atoms with Gasteiger partial charge in [0, 0.05) is 7.05 Å². The summed E-state index contributed by atoms with van der Waals surface area (Å²) in [5.41, 5.74) is 0. The summed E-state index contributed by atoms with van der Waals surface area (Å²) in [6.07, 6.45) is 1.52. The van der Waals surface area contributed by atoms with Crippen molar-refractivity contribution in [2.75, 3.05) is 7.11 Å². The minimum absolute atomic E-state index is 0.143. The molecule has 1 N–H and O–H groups in total. The average Bonchev–Trinajstić information content (AvgIpc) is 2.84. The van der Waals surface area contributed by atoms with Gasteiger partial charge < -0.3 is 9.30 Å². The Hall–Kier alpha value is -1.45. The van der Waals surface area contributed by atoms with Gasteiger partial charge in [-0.25, -0.2) is 13.1 Å². The van der Waals surface area contributed by atoms with E-state index in [-0.39, 0.29) is 4.90 Å². The van der Waals surface area contributed by atoms with Crippen LogP contribution in [0, 0.1) is 0 Å². The van der Waals surface area contributed by atoms with E-state index >= 15 is 0 Å². The van der Waals surface area contributed by atoms with Crippen molar-refractivity contribution in [1.29, 1.82) is 0 Å². The summed E-state index contributed by atoms with van der Waals surface area (Å²) < 4.78 is 34.6. The van der Waals surface area contributed by atoms with Gasteiger partial charge in [0.25, 0.3) is 0 Å². The van der Waals surface area contributed by atoms with Crippen molar-refractivity contribution >= 4 is 26.0 Å². The van der Waals surface area contributed by atoms with Crippen LogP contribution in [0.3, 0.4) is 0 Å². The van der Waals surface area contributed by atoms with Crippen molar-refractivity contribution in [3.8, 4) is 5.75 Å². The third-order valence-electron chi connectivity index (χ3n) is 2.90. The largest absolute Gasteiger partial charge is 0.496 e. The molecule has 0 bridgehead atoms. The van der Waals surface area contributed by atoms with Gasteiger partial charge in [-0.2, -0.15) is 0 Å². The fourth-order valence-corrected chi connectivity index (χ4v) is 3.77. The quantitative estimate of drug-likeness (QED) is 0.859. The summed E-state index contributed by atoms with van der Waals surface area (Å²) in [5, 5.41) is 7.63. The van der Waals surface area contributed by atoms with Crippen LogP contribution in [0.25, 0.3) is 0 Å². The van der Waals surface area contributed by atoms with Gasteiger partial charge in [-0.05, 0) is 41.1 Å². The lowest BCUT2D eigenvalue weighted by molar-refractivity contribution is 0.411. The summed E-state index contributed by atoms with van der Waals surface area (Å²) in [5.74, 6) is 1.10. The Morgan fingerprint density at radius 1 is 1.43 bits per heavy atom. The van der Waals surface area contributed by atoms with E-state index in [0.29, 0.717) is 16.0 Å². The highest BCUT2D eigenvalue weighted by Crippen LogP contribution is 2.27. The molecular weight excluding hydrogens is 360 g/mol. The molecule has 0 radical (unpaired) electrons. The van der Waals surface area contributed by atoms with Crippen LogP contribution >= 0.6 is 15.9 Å². The Morgan fingerprint density at radius 3 is 2.67 bits per heavy atom. The fourth-order valence-electron chi connectivity index (χ4n) is 1.85. The predicted molar refractivity (Wildman–Crippen MR) is 80.4 cm³/mol. The Labute approximate surface area is 131 Å². The molecule has 0 aliphatic carbocycles. The van der Waals surface area contributed by atoms with Gasteiger partial charge in [-0.1, -0.05) is 0 Å². The van der Waals surface area contributed by atoms with Crippen LogP contribution < -0.4 is 9.46 Å². The molecule has 9 heteroatoms. The second-order valence-electron chi connectivity index (χ2n) is 4.44. The summed E-state index contributed by atoms with van der Waals surface area (Å²) in [6.45, 7) is 1.71. The Kier molecular flexibility index (Phi) is 4.64. The number of hydrogen-bond donors (Lipinski definition) is 1. The second kappa shape index (κ2) is 6.12. The molecule has 0 fully saturated rings. The summed E-state index contributed by atoms with van der Waals surface area (Å²) in [6, 6.07) is 4.06. The number of aromatic nitrogens is 3. The lowest BCUT2D eigenvalue weighted by Crippen LogP contribution is -2.28. The van der Waals surface area contributed by atoms with Gasteiger partial charge in [0.15, 0.2) is 0 Å². The average molecular weight is 375 g/mol. The normalized spacial score (nSPS) is 13.1. The van der Waals surface area contributed by atoms with E-state index in [2.05, 4.69) is 30.8 Å². The number of ether oxygens (including phenoxy) is 1. The second-order valence-corrected chi connectivity index (χ2v) is 7.01. The van der Waals surface area contributed by atoms with Gasteiger partial charge in [0.1, 0.15) is 17.9 Å². The van der Waals surface area contributed by atoms with E-state index < -0.39 is 16.1 Å². The zero-order valence-corrected chi connectivity index (χ0v) is 14.1. The van der Waals surface area contributed by atoms with Crippen molar-refractivity contribution in [3.63, 3.8) is 0 Å². The number of sulfonamides is 1. The van der Waals surface area contributed by atoms with Gasteiger partial charge in [-0.15, -0.1) is 10.2 Å². The van der Waals surface area contributed by atoms with Crippen molar-refractivity contribution in [3.05, 3.63) is 34.8 Å². The SMILES string of the molecule is COc1ccc(S(=O)(=O)NC(C)c2nncn2C)cc1Br. The van der Waals surface area contributed by atoms with Crippen LogP contribution in [0.4, 0.5) is 0 Å². The summed E-state index contributed by atoms with van der Waals surface area (Å²) in [4.78, 5) is 0.143. The first kappa shape index (κ1) is 15.9. The monoisotopic (exact) mass is 374 g/mol. The Morgan fingerprint density at radius 2 is 2.14 bits per heavy atom. The molecular formula is C12H15BrN4O3S. The molecule has 1 heterocycles. The summed E-state index contributed by atoms with van der Waals surface area (Å²) in [7, 11) is -0.396. The fraction of sp³-hybridized carbons (Fsp3) is 0.333. The maximum Gasteiger partial charge on any atom is 0.241 e. The number of nitrogens with zero attached hydrogens (tertiary/aromatic N) is 3. The molecule has 1 atom stereocenters. The van der Waals surface area contributed by atoms with Crippen LogP contribution in [-0.2, 0) is 17.1 Å². The smallest absolute Gasteiger partial charge is 0.241 e. The molecule has 0 aliphatic rings. The number of benzene rings is 1. The van der Waals surface area contributed by atoms with E-state index in [1.807, 2.05) is 0 Å². The third kappa shape index (κ3) is 3.42. The lowest BCUT2D eigenvalue weighted by atomic mass is 10.3. The van der Waals surface area contributed by atoms with Crippen LogP contribution in [0.2, 0.25) is 0 Å². The predicted octanol–water partition coefficient (Wildman–Crippen LogP) is 1.63. The molecule has 0 amide bonds. The molecule has 114 valence electrons. The van der Waals surface area contributed by atoms with E-state index in [9.17, 15) is 8.42 Å². The standard InChI is InChI=1S/C12H15BrN4O3S/c1-8(12-15-14-7-17(12)2)16-21(18,19)9-4-5-11(20-3)10(13)6-9/h4-8,16H,1-3H3. The van der Waals surface area contributed by atoms with E-state index in [4.69, 9.17) is 4.74 Å². The number of halogens is 1. The van der Waals surface area contributed by atoms with Crippen molar-refractivity contribution in [2.45, 2.75) is 17.9 Å². The molecule has 0 saturated carbocycles. The van der Waals surface area contributed by atoms with Gasteiger partial charge in [0.05, 0.1) is 22.5 Å². The van der Waals surface area contributed by atoms with Gasteiger partial charge >= 0.3 is 0 Å². The molecule has 21 heavy (non-hydrogen) atoms. The zero-order chi connectivity index (χ0) is 15.6.